The number of hydrogen-bond donors (Lipinski definition) is 2. The van der Waals surface area contributed by atoms with Crippen molar-refractivity contribution in [2.24, 2.45) is 5.92 Å². The third-order valence-corrected chi connectivity index (χ3v) is 5.87. The second-order valence-corrected chi connectivity index (χ2v) is 7.77. The van der Waals surface area contributed by atoms with Crippen molar-refractivity contribution in [2.75, 3.05) is 18.4 Å². The highest BCUT2D eigenvalue weighted by molar-refractivity contribution is 6.31. The van der Waals surface area contributed by atoms with E-state index in [9.17, 15) is 0 Å². The van der Waals surface area contributed by atoms with Crippen LogP contribution in [-0.2, 0) is 19.5 Å². The smallest absolute Gasteiger partial charge is 0.225 e. The molecule has 1 fully saturated rings. The number of imidazole rings is 1. The number of rotatable bonds is 7. The SMILES string of the molecule is CCc1nc2cnc(NCc3ccccc3Cl)nc2n1CCC1CCNCC1. The van der Waals surface area contributed by atoms with E-state index in [1.54, 1.807) is 0 Å². The molecule has 1 aliphatic heterocycles. The largest absolute Gasteiger partial charge is 0.350 e. The number of piperidine rings is 1. The van der Waals surface area contributed by atoms with Crippen LogP contribution in [0.4, 0.5) is 5.95 Å². The van der Waals surface area contributed by atoms with Crippen molar-refractivity contribution in [1.82, 2.24) is 24.8 Å². The Kier molecular flexibility index (Phi) is 6.07. The van der Waals surface area contributed by atoms with Crippen LogP contribution in [0, 0.1) is 5.92 Å². The predicted octanol–water partition coefficient (Wildman–Crippen LogP) is 4.04. The van der Waals surface area contributed by atoms with Crippen LogP contribution in [0.5, 0.6) is 0 Å². The molecule has 0 atom stereocenters. The molecule has 0 amide bonds. The number of fused-ring (bicyclic) bond motifs is 1. The molecule has 2 aromatic heterocycles. The van der Waals surface area contributed by atoms with E-state index in [1.165, 1.54) is 19.3 Å². The number of halogens is 1. The molecule has 6 nitrogen and oxygen atoms in total. The fourth-order valence-corrected chi connectivity index (χ4v) is 4.06. The Morgan fingerprint density at radius 3 is 2.82 bits per heavy atom. The van der Waals surface area contributed by atoms with Gasteiger partial charge in [0.05, 0.1) is 6.20 Å². The Balaban J connectivity index is 1.52. The van der Waals surface area contributed by atoms with Gasteiger partial charge in [0.1, 0.15) is 11.3 Å². The van der Waals surface area contributed by atoms with Crippen LogP contribution >= 0.6 is 11.6 Å². The lowest BCUT2D eigenvalue weighted by atomic mass is 9.95. The monoisotopic (exact) mass is 398 g/mol. The first kappa shape index (κ1) is 19.2. The molecule has 3 heterocycles. The van der Waals surface area contributed by atoms with Gasteiger partial charge in [-0.1, -0.05) is 36.7 Å². The summed E-state index contributed by atoms with van der Waals surface area (Å²) in [5.74, 6) is 2.47. The lowest BCUT2D eigenvalue weighted by molar-refractivity contribution is 0.337. The molecule has 1 saturated heterocycles. The standard InChI is InChI=1S/C21H27ClN6/c1-2-19-26-18-14-25-21(24-13-16-5-3-4-6-17(16)22)27-20(18)28(19)12-9-15-7-10-23-11-8-15/h3-6,14-15,23H,2,7-13H2,1H3,(H,24,25,27). The quantitative estimate of drug-likeness (QED) is 0.628. The van der Waals surface area contributed by atoms with Gasteiger partial charge < -0.3 is 15.2 Å². The minimum Gasteiger partial charge on any atom is -0.350 e. The maximum Gasteiger partial charge on any atom is 0.225 e. The zero-order valence-electron chi connectivity index (χ0n) is 16.3. The minimum absolute atomic E-state index is 0.592. The Labute approximate surface area is 170 Å². The summed E-state index contributed by atoms with van der Waals surface area (Å²) in [5, 5.41) is 7.49. The molecule has 7 heteroatoms. The highest BCUT2D eigenvalue weighted by Gasteiger charge is 2.16. The van der Waals surface area contributed by atoms with Crippen molar-refractivity contribution < 1.29 is 0 Å². The van der Waals surface area contributed by atoms with E-state index in [4.69, 9.17) is 21.6 Å². The summed E-state index contributed by atoms with van der Waals surface area (Å²) in [5.41, 5.74) is 2.81. The summed E-state index contributed by atoms with van der Waals surface area (Å²) in [6, 6.07) is 7.82. The highest BCUT2D eigenvalue weighted by atomic mass is 35.5. The fourth-order valence-electron chi connectivity index (χ4n) is 3.85. The predicted molar refractivity (Wildman–Crippen MR) is 114 cm³/mol. The van der Waals surface area contributed by atoms with Gasteiger partial charge >= 0.3 is 0 Å². The maximum atomic E-state index is 6.25. The van der Waals surface area contributed by atoms with Crippen LogP contribution in [0.1, 0.15) is 37.6 Å². The van der Waals surface area contributed by atoms with Gasteiger partial charge in [0.25, 0.3) is 0 Å². The number of anilines is 1. The third-order valence-electron chi connectivity index (χ3n) is 5.50. The number of aromatic nitrogens is 4. The zero-order chi connectivity index (χ0) is 19.3. The van der Waals surface area contributed by atoms with E-state index < -0.39 is 0 Å². The maximum absolute atomic E-state index is 6.25. The normalized spacial score (nSPS) is 15.2. The fraction of sp³-hybridized carbons (Fsp3) is 0.476. The van der Waals surface area contributed by atoms with E-state index in [2.05, 4.69) is 27.1 Å². The summed E-state index contributed by atoms with van der Waals surface area (Å²) in [6.07, 6.45) is 6.40. The van der Waals surface area contributed by atoms with Gasteiger partial charge in [-0.2, -0.15) is 4.98 Å². The number of aryl methyl sites for hydroxylation is 2. The van der Waals surface area contributed by atoms with Gasteiger partial charge in [0.15, 0.2) is 5.65 Å². The Morgan fingerprint density at radius 1 is 1.21 bits per heavy atom. The molecule has 148 valence electrons. The second kappa shape index (κ2) is 8.88. The Hall–Kier alpha value is -2.18. The molecule has 3 aromatic rings. The number of nitrogens with one attached hydrogen (secondary N) is 2. The van der Waals surface area contributed by atoms with Crippen molar-refractivity contribution in [1.29, 1.82) is 0 Å². The minimum atomic E-state index is 0.592. The van der Waals surface area contributed by atoms with E-state index in [0.717, 1.165) is 59.5 Å². The molecule has 0 saturated carbocycles. The number of benzene rings is 1. The molecule has 0 spiro atoms. The van der Waals surface area contributed by atoms with Crippen molar-refractivity contribution in [3.8, 4) is 0 Å². The topological polar surface area (TPSA) is 67.7 Å². The average molecular weight is 399 g/mol. The molecule has 28 heavy (non-hydrogen) atoms. The van der Waals surface area contributed by atoms with E-state index in [-0.39, 0.29) is 0 Å². The van der Waals surface area contributed by atoms with Gasteiger partial charge in [0.2, 0.25) is 5.95 Å². The van der Waals surface area contributed by atoms with Gasteiger partial charge in [-0.15, -0.1) is 0 Å². The summed E-state index contributed by atoms with van der Waals surface area (Å²) < 4.78 is 2.28. The molecule has 0 aliphatic carbocycles. The van der Waals surface area contributed by atoms with Crippen LogP contribution < -0.4 is 10.6 Å². The number of nitrogens with zero attached hydrogens (tertiary/aromatic N) is 4. The molecule has 4 rings (SSSR count). The van der Waals surface area contributed by atoms with Crippen LogP contribution in [0.25, 0.3) is 11.2 Å². The summed E-state index contributed by atoms with van der Waals surface area (Å²) >= 11 is 6.25. The van der Waals surface area contributed by atoms with Gasteiger partial charge in [-0.3, -0.25) is 0 Å². The van der Waals surface area contributed by atoms with Gasteiger partial charge in [-0.05, 0) is 49.9 Å². The highest BCUT2D eigenvalue weighted by Crippen LogP contribution is 2.22. The number of hydrogen-bond acceptors (Lipinski definition) is 5. The second-order valence-electron chi connectivity index (χ2n) is 7.36. The molecular weight excluding hydrogens is 372 g/mol. The molecule has 0 unspecified atom stereocenters. The van der Waals surface area contributed by atoms with E-state index in [1.807, 2.05) is 30.5 Å². The van der Waals surface area contributed by atoms with Crippen molar-refractivity contribution >= 4 is 28.7 Å². The molecule has 1 aliphatic rings. The Morgan fingerprint density at radius 2 is 2.04 bits per heavy atom. The average Bonchev–Trinajstić information content (AvgIpc) is 3.09. The molecule has 1 aromatic carbocycles. The van der Waals surface area contributed by atoms with E-state index in [0.29, 0.717) is 12.5 Å². The van der Waals surface area contributed by atoms with Gasteiger partial charge in [0, 0.05) is 24.5 Å². The van der Waals surface area contributed by atoms with Crippen molar-refractivity contribution in [2.45, 2.75) is 45.7 Å². The van der Waals surface area contributed by atoms with Crippen molar-refractivity contribution in [3.05, 3.63) is 46.9 Å². The van der Waals surface area contributed by atoms with Crippen LogP contribution in [-0.4, -0.2) is 32.6 Å². The first-order chi connectivity index (χ1) is 13.7. The summed E-state index contributed by atoms with van der Waals surface area (Å²) in [7, 11) is 0. The summed E-state index contributed by atoms with van der Waals surface area (Å²) in [6.45, 7) is 5.97. The summed E-state index contributed by atoms with van der Waals surface area (Å²) in [4.78, 5) is 14.0. The molecule has 0 radical (unpaired) electrons. The first-order valence-corrected chi connectivity index (χ1v) is 10.5. The van der Waals surface area contributed by atoms with Crippen LogP contribution in [0.15, 0.2) is 30.5 Å². The van der Waals surface area contributed by atoms with E-state index >= 15 is 0 Å². The zero-order valence-corrected chi connectivity index (χ0v) is 17.0. The van der Waals surface area contributed by atoms with Crippen LogP contribution in [0.2, 0.25) is 5.02 Å². The van der Waals surface area contributed by atoms with Crippen molar-refractivity contribution in [3.63, 3.8) is 0 Å². The first-order valence-electron chi connectivity index (χ1n) is 10.1. The molecule has 2 N–H and O–H groups in total. The molecule has 0 bridgehead atoms. The third kappa shape index (κ3) is 4.28. The van der Waals surface area contributed by atoms with Crippen LogP contribution in [0.3, 0.4) is 0 Å². The lowest BCUT2D eigenvalue weighted by Crippen LogP contribution is -2.28. The van der Waals surface area contributed by atoms with Gasteiger partial charge in [-0.25, -0.2) is 9.97 Å². The Bertz CT molecular complexity index is 932. The lowest BCUT2D eigenvalue weighted by Gasteiger charge is -2.23. The molecular formula is C21H27ClN6.